The smallest absolute Gasteiger partial charge is 0.154 e. The number of terminal acetylenes is 1. The molecular formula is C13H17FN2S. The van der Waals surface area contributed by atoms with Gasteiger partial charge in [0.2, 0.25) is 0 Å². The van der Waals surface area contributed by atoms with Crippen LogP contribution in [0.1, 0.15) is 36.2 Å². The molecule has 1 atom stereocenters. The summed E-state index contributed by atoms with van der Waals surface area (Å²) in [6.45, 7) is 3.45. The Bertz CT molecular complexity index is 431. The van der Waals surface area contributed by atoms with Crippen molar-refractivity contribution in [3.05, 3.63) is 21.6 Å². The van der Waals surface area contributed by atoms with E-state index in [-0.39, 0.29) is 11.9 Å². The van der Waals surface area contributed by atoms with E-state index in [1.807, 2.05) is 6.92 Å². The molecule has 2 nitrogen and oxygen atoms in total. The fourth-order valence-corrected chi connectivity index (χ4v) is 3.10. The van der Waals surface area contributed by atoms with Gasteiger partial charge in [0.1, 0.15) is 0 Å². The fraction of sp³-hybridized carbons (Fsp3) is 0.538. The first-order valence-electron chi connectivity index (χ1n) is 5.88. The van der Waals surface area contributed by atoms with E-state index in [4.69, 9.17) is 12.2 Å². The van der Waals surface area contributed by atoms with Gasteiger partial charge in [-0.25, -0.2) is 4.39 Å². The summed E-state index contributed by atoms with van der Waals surface area (Å²) >= 11 is 1.41. The van der Waals surface area contributed by atoms with Crippen LogP contribution in [0.3, 0.4) is 0 Å². The highest BCUT2D eigenvalue weighted by Crippen LogP contribution is 2.37. The lowest BCUT2D eigenvalue weighted by Gasteiger charge is -2.27. The van der Waals surface area contributed by atoms with E-state index >= 15 is 0 Å². The Balaban J connectivity index is 2.19. The molecule has 17 heavy (non-hydrogen) atoms. The quantitative estimate of drug-likeness (QED) is 0.815. The zero-order chi connectivity index (χ0) is 12.4. The zero-order valence-electron chi connectivity index (χ0n) is 9.95. The minimum Gasteiger partial charge on any atom is -0.329 e. The number of nitrogens with two attached hydrogens (primary N) is 1. The van der Waals surface area contributed by atoms with Crippen molar-refractivity contribution in [3.63, 3.8) is 0 Å². The van der Waals surface area contributed by atoms with Crippen LogP contribution < -0.4 is 5.73 Å². The van der Waals surface area contributed by atoms with Crippen LogP contribution in [0.5, 0.6) is 0 Å². The summed E-state index contributed by atoms with van der Waals surface area (Å²) in [5.41, 5.74) is 5.99. The van der Waals surface area contributed by atoms with E-state index in [1.54, 1.807) is 5.38 Å². The topological polar surface area (TPSA) is 29.3 Å². The lowest BCUT2D eigenvalue weighted by Crippen LogP contribution is -2.33. The van der Waals surface area contributed by atoms with Gasteiger partial charge in [0, 0.05) is 30.6 Å². The highest BCUT2D eigenvalue weighted by atomic mass is 32.1. The normalized spacial score (nSPS) is 17.1. The molecule has 0 aromatic carbocycles. The van der Waals surface area contributed by atoms with E-state index < -0.39 is 0 Å². The van der Waals surface area contributed by atoms with Crippen LogP contribution in [0.4, 0.5) is 4.39 Å². The predicted octanol–water partition coefficient (Wildman–Crippen LogP) is 2.35. The highest BCUT2D eigenvalue weighted by Gasteiger charge is 2.33. The number of hydrogen-bond donors (Lipinski definition) is 1. The third-order valence-corrected chi connectivity index (χ3v) is 4.32. The van der Waals surface area contributed by atoms with Gasteiger partial charge in [0.25, 0.3) is 0 Å². The molecule has 0 radical (unpaired) electrons. The number of nitrogens with zero attached hydrogens (tertiary/aromatic N) is 1. The fourth-order valence-electron chi connectivity index (χ4n) is 2.14. The van der Waals surface area contributed by atoms with Gasteiger partial charge < -0.3 is 5.73 Å². The van der Waals surface area contributed by atoms with E-state index in [0.717, 1.165) is 11.4 Å². The molecule has 1 heterocycles. The molecule has 2 N–H and O–H groups in total. The average Bonchev–Trinajstić information content (AvgIpc) is 3.09. The second kappa shape index (κ2) is 5.18. The minimum absolute atomic E-state index is 0.0677. The molecular weight excluding hydrogens is 235 g/mol. The molecule has 1 unspecified atom stereocenters. The second-order valence-corrected chi connectivity index (χ2v) is 5.32. The van der Waals surface area contributed by atoms with E-state index in [2.05, 4.69) is 10.8 Å². The minimum atomic E-state index is -0.229. The molecule has 0 saturated heterocycles. The molecule has 0 amide bonds. The Hall–Kier alpha value is -0.890. The predicted molar refractivity (Wildman–Crippen MR) is 69.4 cm³/mol. The third kappa shape index (κ3) is 2.52. The van der Waals surface area contributed by atoms with Gasteiger partial charge in [0.05, 0.1) is 10.4 Å². The molecule has 0 bridgehead atoms. The number of thiophene rings is 1. The molecule has 1 aromatic rings. The summed E-state index contributed by atoms with van der Waals surface area (Å²) in [7, 11) is 0. The Morgan fingerprint density at radius 2 is 2.41 bits per heavy atom. The van der Waals surface area contributed by atoms with Crippen molar-refractivity contribution in [3.8, 4) is 12.3 Å². The van der Waals surface area contributed by atoms with Crippen molar-refractivity contribution in [2.75, 3.05) is 13.1 Å². The van der Waals surface area contributed by atoms with E-state index in [9.17, 15) is 4.39 Å². The van der Waals surface area contributed by atoms with Crippen LogP contribution in [0.15, 0.2) is 5.38 Å². The summed E-state index contributed by atoms with van der Waals surface area (Å²) in [4.78, 5) is 3.02. The van der Waals surface area contributed by atoms with Crippen molar-refractivity contribution in [1.29, 1.82) is 0 Å². The maximum atomic E-state index is 14.0. The standard InChI is InChI=1S/C13H17FN2S/c1-3-10-8-17-13(12(10)14)9(2)16(7-6-15)11-4-5-11/h1,8-9,11H,4-7,15H2,2H3. The first kappa shape index (κ1) is 12.6. The van der Waals surface area contributed by atoms with Crippen LogP contribution in [0.25, 0.3) is 0 Å². The third-order valence-electron chi connectivity index (χ3n) is 3.19. The van der Waals surface area contributed by atoms with Crippen LogP contribution in [-0.4, -0.2) is 24.0 Å². The van der Waals surface area contributed by atoms with E-state index in [0.29, 0.717) is 18.2 Å². The van der Waals surface area contributed by atoms with Gasteiger partial charge in [-0.15, -0.1) is 17.8 Å². The van der Waals surface area contributed by atoms with Gasteiger partial charge in [-0.1, -0.05) is 5.92 Å². The molecule has 0 aliphatic heterocycles. The summed E-state index contributed by atoms with van der Waals surface area (Å²) in [6.07, 6.45) is 7.64. The first-order valence-corrected chi connectivity index (χ1v) is 6.76. The molecule has 1 aliphatic carbocycles. The van der Waals surface area contributed by atoms with Gasteiger partial charge in [-0.2, -0.15) is 0 Å². The highest BCUT2D eigenvalue weighted by molar-refractivity contribution is 7.10. The van der Waals surface area contributed by atoms with Crippen LogP contribution in [-0.2, 0) is 0 Å². The second-order valence-electron chi connectivity index (χ2n) is 4.41. The zero-order valence-corrected chi connectivity index (χ0v) is 10.8. The Morgan fingerprint density at radius 1 is 1.71 bits per heavy atom. The summed E-state index contributed by atoms with van der Waals surface area (Å²) in [5.74, 6) is 2.15. The summed E-state index contributed by atoms with van der Waals surface area (Å²) in [6, 6.07) is 0.641. The number of rotatable bonds is 5. The van der Waals surface area contributed by atoms with Gasteiger partial charge in [0.15, 0.2) is 5.82 Å². The molecule has 0 spiro atoms. The molecule has 1 saturated carbocycles. The van der Waals surface area contributed by atoms with Crippen molar-refractivity contribution in [1.82, 2.24) is 4.90 Å². The van der Waals surface area contributed by atoms with Crippen molar-refractivity contribution >= 4 is 11.3 Å². The van der Waals surface area contributed by atoms with Crippen LogP contribution in [0, 0.1) is 18.2 Å². The van der Waals surface area contributed by atoms with Crippen molar-refractivity contribution in [2.24, 2.45) is 5.73 Å². The Kier molecular flexibility index (Phi) is 3.82. The largest absolute Gasteiger partial charge is 0.329 e. The summed E-state index contributed by atoms with van der Waals surface area (Å²) in [5, 5.41) is 1.72. The van der Waals surface area contributed by atoms with Crippen molar-refractivity contribution < 1.29 is 4.39 Å². The Morgan fingerprint density at radius 3 is 2.88 bits per heavy atom. The van der Waals surface area contributed by atoms with Crippen molar-refractivity contribution in [2.45, 2.75) is 31.8 Å². The number of hydrogen-bond acceptors (Lipinski definition) is 3. The Labute approximate surface area is 106 Å². The lowest BCUT2D eigenvalue weighted by atomic mass is 10.2. The summed E-state index contributed by atoms with van der Waals surface area (Å²) < 4.78 is 14.0. The maximum Gasteiger partial charge on any atom is 0.154 e. The number of halogens is 1. The molecule has 1 aliphatic rings. The first-order chi connectivity index (χ1) is 8.19. The monoisotopic (exact) mass is 252 g/mol. The van der Waals surface area contributed by atoms with Gasteiger partial charge in [-0.3, -0.25) is 4.90 Å². The van der Waals surface area contributed by atoms with Crippen LogP contribution >= 0.6 is 11.3 Å². The molecule has 1 fully saturated rings. The van der Waals surface area contributed by atoms with Gasteiger partial charge >= 0.3 is 0 Å². The molecule has 92 valence electrons. The van der Waals surface area contributed by atoms with Gasteiger partial charge in [-0.05, 0) is 19.8 Å². The van der Waals surface area contributed by atoms with E-state index in [1.165, 1.54) is 24.2 Å². The molecule has 2 rings (SSSR count). The lowest BCUT2D eigenvalue weighted by molar-refractivity contribution is 0.205. The molecule has 1 aromatic heterocycles. The maximum absolute atomic E-state index is 14.0. The SMILES string of the molecule is C#Cc1csc(C(C)N(CCN)C2CC2)c1F. The van der Waals surface area contributed by atoms with Crippen LogP contribution in [0.2, 0.25) is 0 Å². The average molecular weight is 252 g/mol. The molecule has 4 heteroatoms.